The quantitative estimate of drug-likeness (QED) is 0.816. The van der Waals surface area contributed by atoms with Gasteiger partial charge in [-0.05, 0) is 30.3 Å². The molecule has 0 saturated heterocycles. The van der Waals surface area contributed by atoms with Gasteiger partial charge in [-0.3, -0.25) is 4.72 Å². The van der Waals surface area contributed by atoms with Crippen molar-refractivity contribution in [3.05, 3.63) is 56.5 Å². The van der Waals surface area contributed by atoms with Crippen molar-refractivity contribution in [2.45, 2.75) is 4.90 Å². The number of nitrogens with one attached hydrogen (secondary N) is 1. The third-order valence-corrected chi connectivity index (χ3v) is 5.28. The Hall–Kier alpha value is -0.650. The van der Waals surface area contributed by atoms with Gasteiger partial charge in [0.15, 0.2) is 0 Å². The monoisotopic (exact) mass is 369 g/mol. The van der Waals surface area contributed by atoms with Crippen LogP contribution in [0.2, 0.25) is 20.1 Å². The van der Waals surface area contributed by atoms with E-state index in [0.29, 0.717) is 5.02 Å². The van der Waals surface area contributed by atoms with E-state index in [2.05, 4.69) is 4.72 Å². The topological polar surface area (TPSA) is 46.2 Å². The molecule has 2 rings (SSSR count). The SMILES string of the molecule is O=S(=O)(Nc1cccc(Cl)c1Cl)c1ccc(Cl)cc1Cl. The van der Waals surface area contributed by atoms with Crippen LogP contribution < -0.4 is 4.72 Å². The largest absolute Gasteiger partial charge is 0.278 e. The van der Waals surface area contributed by atoms with E-state index in [0.717, 1.165) is 0 Å². The summed E-state index contributed by atoms with van der Waals surface area (Å²) in [5.41, 5.74) is 0.171. The first kappa shape index (κ1) is 15.7. The van der Waals surface area contributed by atoms with Crippen LogP contribution in [0.5, 0.6) is 0 Å². The van der Waals surface area contributed by atoms with E-state index in [-0.39, 0.29) is 25.7 Å². The fourth-order valence-electron chi connectivity index (χ4n) is 1.48. The molecule has 0 aliphatic heterocycles. The van der Waals surface area contributed by atoms with Crippen LogP contribution in [0.15, 0.2) is 41.3 Å². The van der Waals surface area contributed by atoms with Crippen molar-refractivity contribution >= 4 is 62.1 Å². The summed E-state index contributed by atoms with van der Waals surface area (Å²) in [6, 6.07) is 8.71. The maximum atomic E-state index is 12.3. The number of sulfonamides is 1. The van der Waals surface area contributed by atoms with Gasteiger partial charge in [0.1, 0.15) is 4.90 Å². The van der Waals surface area contributed by atoms with Crippen molar-refractivity contribution < 1.29 is 8.42 Å². The van der Waals surface area contributed by atoms with Crippen LogP contribution >= 0.6 is 46.4 Å². The summed E-state index contributed by atoms with van der Waals surface area (Å²) < 4.78 is 26.8. The summed E-state index contributed by atoms with van der Waals surface area (Å²) in [5.74, 6) is 0. The molecule has 2 aromatic carbocycles. The van der Waals surface area contributed by atoms with Crippen LogP contribution in [-0.2, 0) is 10.0 Å². The van der Waals surface area contributed by atoms with Crippen LogP contribution in [0, 0.1) is 0 Å². The summed E-state index contributed by atoms with van der Waals surface area (Å²) in [6.07, 6.45) is 0. The first-order valence-corrected chi connectivity index (χ1v) is 8.22. The number of hydrogen-bond acceptors (Lipinski definition) is 2. The van der Waals surface area contributed by atoms with E-state index in [1.807, 2.05) is 0 Å². The van der Waals surface area contributed by atoms with Gasteiger partial charge in [-0.1, -0.05) is 52.5 Å². The molecule has 0 bridgehead atoms. The van der Waals surface area contributed by atoms with Gasteiger partial charge in [-0.25, -0.2) is 8.42 Å². The highest BCUT2D eigenvalue weighted by atomic mass is 35.5. The number of benzene rings is 2. The third-order valence-electron chi connectivity index (χ3n) is 2.38. The molecule has 0 heterocycles. The average molecular weight is 371 g/mol. The zero-order valence-electron chi connectivity index (χ0n) is 9.70. The lowest BCUT2D eigenvalue weighted by Crippen LogP contribution is -2.13. The molecule has 0 atom stereocenters. The van der Waals surface area contributed by atoms with Crippen LogP contribution in [0.25, 0.3) is 0 Å². The minimum absolute atomic E-state index is 0.0168. The molecular formula is C12H7Cl4NO2S. The molecule has 8 heteroatoms. The van der Waals surface area contributed by atoms with Gasteiger partial charge >= 0.3 is 0 Å². The molecule has 3 nitrogen and oxygen atoms in total. The number of halogens is 4. The van der Waals surface area contributed by atoms with Gasteiger partial charge in [0.25, 0.3) is 10.0 Å². The molecule has 20 heavy (non-hydrogen) atoms. The Kier molecular flexibility index (Phi) is 4.72. The second-order valence-corrected chi connectivity index (χ2v) is 7.06. The summed E-state index contributed by atoms with van der Waals surface area (Å²) >= 11 is 23.4. The summed E-state index contributed by atoms with van der Waals surface area (Å²) in [6.45, 7) is 0. The zero-order valence-corrected chi connectivity index (χ0v) is 13.5. The highest BCUT2D eigenvalue weighted by Crippen LogP contribution is 2.32. The molecule has 0 fully saturated rings. The van der Waals surface area contributed by atoms with Gasteiger partial charge in [0.2, 0.25) is 0 Å². The van der Waals surface area contributed by atoms with Crippen molar-refractivity contribution in [2.24, 2.45) is 0 Å². The van der Waals surface area contributed by atoms with Gasteiger partial charge in [0.05, 0.1) is 20.8 Å². The van der Waals surface area contributed by atoms with E-state index in [4.69, 9.17) is 46.4 Å². The van der Waals surface area contributed by atoms with Gasteiger partial charge < -0.3 is 0 Å². The van der Waals surface area contributed by atoms with E-state index in [1.165, 1.54) is 24.3 Å². The Balaban J connectivity index is 2.44. The van der Waals surface area contributed by atoms with Gasteiger partial charge in [0, 0.05) is 5.02 Å². The summed E-state index contributed by atoms with van der Waals surface area (Å²) in [7, 11) is -3.88. The highest BCUT2D eigenvalue weighted by Gasteiger charge is 2.19. The zero-order chi connectivity index (χ0) is 14.9. The molecule has 0 aliphatic rings. The fourth-order valence-corrected chi connectivity index (χ4v) is 3.72. The number of anilines is 1. The lowest BCUT2D eigenvalue weighted by Gasteiger charge is -2.11. The van der Waals surface area contributed by atoms with Crippen molar-refractivity contribution in [1.82, 2.24) is 0 Å². The molecule has 0 aromatic heterocycles. The molecule has 0 radical (unpaired) electrons. The molecular weight excluding hydrogens is 364 g/mol. The van der Waals surface area contributed by atoms with E-state index in [1.54, 1.807) is 12.1 Å². The molecule has 0 unspecified atom stereocenters. The second-order valence-electron chi connectivity index (χ2n) is 3.78. The van der Waals surface area contributed by atoms with E-state index >= 15 is 0 Å². The molecule has 0 saturated carbocycles. The summed E-state index contributed by atoms with van der Waals surface area (Å²) in [5, 5.41) is 0.717. The Bertz CT molecular complexity index is 762. The minimum Gasteiger partial charge on any atom is -0.278 e. The lowest BCUT2D eigenvalue weighted by atomic mass is 10.3. The van der Waals surface area contributed by atoms with Crippen LogP contribution in [0.1, 0.15) is 0 Å². The van der Waals surface area contributed by atoms with Crippen LogP contribution in [0.3, 0.4) is 0 Å². The Morgan fingerprint density at radius 1 is 0.900 bits per heavy atom. The Labute approximate surface area is 136 Å². The second kappa shape index (κ2) is 6.00. The van der Waals surface area contributed by atoms with Crippen molar-refractivity contribution in [3.8, 4) is 0 Å². The van der Waals surface area contributed by atoms with Crippen molar-refractivity contribution in [2.75, 3.05) is 4.72 Å². The average Bonchev–Trinajstić information content (AvgIpc) is 2.34. The third kappa shape index (κ3) is 3.32. The lowest BCUT2D eigenvalue weighted by molar-refractivity contribution is 0.601. The highest BCUT2D eigenvalue weighted by molar-refractivity contribution is 7.92. The molecule has 106 valence electrons. The predicted molar refractivity (Wildman–Crippen MR) is 83.7 cm³/mol. The van der Waals surface area contributed by atoms with Crippen molar-refractivity contribution in [1.29, 1.82) is 0 Å². The first-order valence-electron chi connectivity index (χ1n) is 5.23. The number of rotatable bonds is 3. The molecule has 0 aliphatic carbocycles. The maximum absolute atomic E-state index is 12.3. The molecule has 2 aromatic rings. The van der Waals surface area contributed by atoms with Crippen LogP contribution in [-0.4, -0.2) is 8.42 Å². The van der Waals surface area contributed by atoms with Crippen LogP contribution in [0.4, 0.5) is 5.69 Å². The number of hydrogen-bond donors (Lipinski definition) is 1. The normalized spacial score (nSPS) is 11.4. The maximum Gasteiger partial charge on any atom is 0.263 e. The van der Waals surface area contributed by atoms with E-state index in [9.17, 15) is 8.42 Å². The van der Waals surface area contributed by atoms with Gasteiger partial charge in [-0.15, -0.1) is 0 Å². The van der Waals surface area contributed by atoms with E-state index < -0.39 is 10.0 Å². The predicted octanol–water partition coefficient (Wildman–Crippen LogP) is 5.10. The molecule has 0 spiro atoms. The standard InChI is InChI=1S/C12H7Cl4NO2S/c13-7-4-5-11(9(15)6-7)20(18,19)17-10-3-1-2-8(14)12(10)16/h1-6,17H. The van der Waals surface area contributed by atoms with Gasteiger partial charge in [-0.2, -0.15) is 0 Å². The minimum atomic E-state index is -3.88. The first-order chi connectivity index (χ1) is 9.31. The summed E-state index contributed by atoms with van der Waals surface area (Å²) in [4.78, 5) is -0.0976. The fraction of sp³-hybridized carbons (Fsp3) is 0. The Morgan fingerprint density at radius 2 is 1.60 bits per heavy atom. The molecule has 1 N–H and O–H groups in total. The Morgan fingerprint density at radius 3 is 2.25 bits per heavy atom. The van der Waals surface area contributed by atoms with Crippen molar-refractivity contribution in [3.63, 3.8) is 0 Å². The smallest absolute Gasteiger partial charge is 0.263 e. The molecule has 0 amide bonds.